The Morgan fingerprint density at radius 1 is 0.949 bits per heavy atom. The Morgan fingerprint density at radius 3 is 2.37 bits per heavy atom. The number of aliphatic hydroxyl groups is 3. The van der Waals surface area contributed by atoms with E-state index in [9.17, 15) is 34.5 Å². The largest absolute Gasteiger partial charge is 0.388 e. The highest BCUT2D eigenvalue weighted by atomic mass is 127. The van der Waals surface area contributed by atoms with E-state index in [2.05, 4.69) is 64.5 Å². The quantitative estimate of drug-likeness (QED) is 0.0641. The Bertz CT molecular complexity index is 2170. The number of carbonyl (C=O) groups excluding carboxylic acids is 4. The average Bonchev–Trinajstić information content (AvgIpc) is 4.01. The molecular formula is C38H48ClIN10O9. The molecule has 0 saturated carbocycles. The first-order valence-corrected chi connectivity index (χ1v) is 20.9. The van der Waals surface area contributed by atoms with Gasteiger partial charge in [-0.15, -0.1) is 0 Å². The van der Waals surface area contributed by atoms with Crippen LogP contribution in [0.5, 0.6) is 0 Å². The summed E-state index contributed by atoms with van der Waals surface area (Å²) in [5.41, 5.74) is 2.53. The zero-order valence-corrected chi connectivity index (χ0v) is 35.8. The lowest BCUT2D eigenvalue weighted by Crippen LogP contribution is -2.46. The molecule has 19 nitrogen and oxygen atoms in total. The highest BCUT2D eigenvalue weighted by Crippen LogP contribution is 2.38. The number of ether oxygens (including phenoxy) is 2. The molecule has 21 heteroatoms. The van der Waals surface area contributed by atoms with E-state index >= 15 is 0 Å². The normalized spacial score (nSPS) is 25.1. The number of rotatable bonds is 13. The second-order valence-electron chi connectivity index (χ2n) is 14.4. The van der Waals surface area contributed by atoms with Crippen LogP contribution >= 0.6 is 34.2 Å². The molecule has 4 amide bonds. The van der Waals surface area contributed by atoms with E-state index in [0.717, 1.165) is 28.4 Å². The molecule has 318 valence electrons. The van der Waals surface area contributed by atoms with Crippen molar-refractivity contribution in [3.8, 4) is 0 Å². The minimum atomic E-state index is -1.46. The van der Waals surface area contributed by atoms with Gasteiger partial charge in [-0.3, -0.25) is 33.2 Å². The Labute approximate surface area is 358 Å². The highest BCUT2D eigenvalue weighted by Gasteiger charge is 2.50. The van der Waals surface area contributed by atoms with Crippen LogP contribution in [0.15, 0.2) is 36.9 Å². The van der Waals surface area contributed by atoms with Crippen LogP contribution < -0.4 is 16.0 Å². The SMILES string of the molecule is CCCCC1C(=O)N(CCCC)C(=O)c2c1ncn2C1OC(C(=O)NC)C(O)C1O.CNC(=O)C1CC(O)C(n2cnc3c(NCc4cccc(I)c4)nc(Cl)nc32)O1. The Hall–Kier alpha value is -4.32. The maximum absolute atomic E-state index is 13.2. The fourth-order valence-corrected chi connectivity index (χ4v) is 8.06. The number of unbranched alkanes of at least 4 members (excludes halogenated alkanes) is 2. The third-order valence-corrected chi connectivity index (χ3v) is 11.2. The van der Waals surface area contributed by atoms with Crippen LogP contribution in [0.4, 0.5) is 5.82 Å². The molecule has 3 aliphatic rings. The van der Waals surface area contributed by atoms with Crippen LogP contribution in [0, 0.1) is 3.57 Å². The van der Waals surface area contributed by atoms with Crippen molar-refractivity contribution in [3.63, 3.8) is 0 Å². The predicted molar refractivity (Wildman–Crippen MR) is 221 cm³/mol. The third-order valence-electron chi connectivity index (χ3n) is 10.4. The van der Waals surface area contributed by atoms with E-state index in [4.69, 9.17) is 21.1 Å². The maximum atomic E-state index is 13.2. The first-order chi connectivity index (χ1) is 28.3. The Kier molecular flexibility index (Phi) is 14.5. The predicted octanol–water partition coefficient (Wildman–Crippen LogP) is 2.40. The second kappa shape index (κ2) is 19.4. The number of imide groups is 1. The summed E-state index contributed by atoms with van der Waals surface area (Å²) < 4.78 is 15.4. The molecule has 7 rings (SSSR count). The number of nitrogens with zero attached hydrogens (tertiary/aromatic N) is 7. The fraction of sp³-hybridized carbons (Fsp3) is 0.526. The minimum Gasteiger partial charge on any atom is -0.388 e. The Morgan fingerprint density at radius 2 is 1.68 bits per heavy atom. The lowest BCUT2D eigenvalue weighted by molar-refractivity contribution is -0.137. The van der Waals surface area contributed by atoms with Crippen molar-refractivity contribution in [1.82, 2.24) is 44.6 Å². The zero-order valence-electron chi connectivity index (χ0n) is 32.9. The van der Waals surface area contributed by atoms with E-state index in [0.29, 0.717) is 48.6 Å². The van der Waals surface area contributed by atoms with Crippen LogP contribution in [0.1, 0.15) is 92.5 Å². The molecule has 1 aromatic carbocycles. The molecule has 3 aliphatic heterocycles. The van der Waals surface area contributed by atoms with Crippen LogP contribution in [0.3, 0.4) is 0 Å². The van der Waals surface area contributed by atoms with E-state index in [1.165, 1.54) is 36.2 Å². The number of aliphatic hydroxyl groups excluding tert-OH is 3. The topological polar surface area (TPSA) is 248 Å². The molecule has 6 N–H and O–H groups in total. The van der Waals surface area contributed by atoms with Crippen molar-refractivity contribution >= 4 is 74.8 Å². The Balaban J connectivity index is 0.000000198. The summed E-state index contributed by atoms with van der Waals surface area (Å²) >= 11 is 8.39. The van der Waals surface area contributed by atoms with Gasteiger partial charge in [0.1, 0.15) is 30.1 Å². The molecule has 0 bridgehead atoms. The number of imidazole rings is 2. The number of anilines is 1. The first kappa shape index (κ1) is 44.2. The molecular weight excluding hydrogens is 903 g/mol. The number of aromatic nitrogens is 6. The molecule has 0 aliphatic carbocycles. The minimum absolute atomic E-state index is 0.0414. The van der Waals surface area contributed by atoms with E-state index in [-0.39, 0.29) is 29.2 Å². The van der Waals surface area contributed by atoms with E-state index < -0.39 is 60.7 Å². The molecule has 8 unspecified atom stereocenters. The summed E-state index contributed by atoms with van der Waals surface area (Å²) in [5, 5.41) is 39.4. The molecule has 2 saturated heterocycles. The lowest BCUT2D eigenvalue weighted by atomic mass is 9.91. The molecule has 59 heavy (non-hydrogen) atoms. The first-order valence-electron chi connectivity index (χ1n) is 19.4. The summed E-state index contributed by atoms with van der Waals surface area (Å²) in [6.45, 7) is 4.84. The van der Waals surface area contributed by atoms with Crippen LogP contribution in [-0.2, 0) is 30.4 Å². The lowest BCUT2D eigenvalue weighted by Gasteiger charge is -2.31. The summed E-state index contributed by atoms with van der Waals surface area (Å²) in [7, 11) is 2.92. The van der Waals surface area contributed by atoms with Crippen molar-refractivity contribution in [2.75, 3.05) is 26.0 Å². The molecule has 6 heterocycles. The monoisotopic (exact) mass is 950 g/mol. The van der Waals surface area contributed by atoms with Gasteiger partial charge in [0.2, 0.25) is 17.1 Å². The van der Waals surface area contributed by atoms with Crippen LogP contribution in [0.2, 0.25) is 5.28 Å². The molecule has 0 radical (unpaired) electrons. The molecule has 4 aromatic rings. The molecule has 2 fully saturated rings. The number of fused-ring (bicyclic) bond motifs is 2. The van der Waals surface area contributed by atoms with Gasteiger partial charge >= 0.3 is 0 Å². The van der Waals surface area contributed by atoms with Gasteiger partial charge in [-0.25, -0.2) is 9.97 Å². The number of hydrogen-bond donors (Lipinski definition) is 6. The van der Waals surface area contributed by atoms with Gasteiger partial charge in [0.15, 0.2) is 35.5 Å². The van der Waals surface area contributed by atoms with Crippen LogP contribution in [0.25, 0.3) is 11.2 Å². The number of halogens is 2. The van der Waals surface area contributed by atoms with E-state index in [1.54, 1.807) is 4.57 Å². The fourth-order valence-electron chi connectivity index (χ4n) is 7.28. The van der Waals surface area contributed by atoms with E-state index in [1.807, 2.05) is 32.0 Å². The summed E-state index contributed by atoms with van der Waals surface area (Å²) in [6.07, 6.45) is -0.966. The third kappa shape index (κ3) is 9.22. The van der Waals surface area contributed by atoms with Crippen LogP contribution in [-0.4, -0.2) is 124 Å². The molecule has 3 aromatic heterocycles. The average molecular weight is 951 g/mol. The van der Waals surface area contributed by atoms with Crippen molar-refractivity contribution in [1.29, 1.82) is 0 Å². The smallest absolute Gasteiger partial charge is 0.279 e. The number of benzene rings is 1. The van der Waals surface area contributed by atoms with Crippen molar-refractivity contribution in [2.45, 2.75) is 108 Å². The summed E-state index contributed by atoms with van der Waals surface area (Å²) in [5.74, 6) is -1.69. The number of likely N-dealkylation sites (N-methyl/N-ethyl adjacent to an activating group) is 2. The van der Waals surface area contributed by atoms with Gasteiger partial charge in [-0.1, -0.05) is 45.2 Å². The van der Waals surface area contributed by atoms with Gasteiger partial charge in [0.25, 0.3) is 11.8 Å². The van der Waals surface area contributed by atoms with Crippen molar-refractivity contribution < 1.29 is 44.0 Å². The number of nitrogens with one attached hydrogen (secondary N) is 3. The van der Waals surface area contributed by atoms with Gasteiger partial charge < -0.3 is 40.7 Å². The standard InChI is InChI=1S/C20H30N4O6.C18H18ClIN6O3/c1-4-6-8-11-12-13(19(29)23(18(11)28)9-7-5-2)24(10-22-12)20-15(26)14(25)16(30-20)17(27)21-3;1-21-16(28)12-6-11(27)17(29-12)26-8-23-13-14(24-18(19)25-15(13)26)22-7-9-3-2-4-10(20)5-9/h10-11,14-16,20,25-26H,4-9H2,1-3H3,(H,21,27);2-5,8,11-12,17,27H,6-7H2,1H3,(H,21,28)(H,22,24,25). The molecule has 0 spiro atoms. The summed E-state index contributed by atoms with van der Waals surface area (Å²) in [6, 6.07) is 8.07. The number of hydrogen-bond acceptors (Lipinski definition) is 14. The van der Waals surface area contributed by atoms with Gasteiger partial charge in [0, 0.05) is 37.2 Å². The maximum Gasteiger partial charge on any atom is 0.279 e. The van der Waals surface area contributed by atoms with Crippen molar-refractivity contribution in [2.24, 2.45) is 0 Å². The van der Waals surface area contributed by atoms with Crippen molar-refractivity contribution in [3.05, 3.63) is 62.7 Å². The molecule has 8 atom stereocenters. The highest BCUT2D eigenvalue weighted by molar-refractivity contribution is 14.1. The van der Waals surface area contributed by atoms with Gasteiger partial charge in [0.05, 0.1) is 24.3 Å². The number of amides is 4. The number of carbonyl (C=O) groups is 4. The zero-order chi connectivity index (χ0) is 42.5. The second-order valence-corrected chi connectivity index (χ2v) is 15.9. The van der Waals surface area contributed by atoms with Gasteiger partial charge in [-0.05, 0) is 64.7 Å². The summed E-state index contributed by atoms with van der Waals surface area (Å²) in [4.78, 5) is 68.5. The van der Waals surface area contributed by atoms with Gasteiger partial charge in [-0.2, -0.15) is 9.97 Å².